The summed E-state index contributed by atoms with van der Waals surface area (Å²) in [5.74, 6) is 0.768. The minimum atomic E-state index is -0.477. The largest absolute Gasteiger partial charge is 0.485 e. The van der Waals surface area contributed by atoms with Gasteiger partial charge in [0.25, 0.3) is 0 Å². The van der Waals surface area contributed by atoms with Crippen molar-refractivity contribution in [3.8, 4) is 5.75 Å². The first kappa shape index (κ1) is 12.7. The normalized spacial score (nSPS) is 22.4. The van der Waals surface area contributed by atoms with E-state index in [4.69, 9.17) is 4.74 Å². The molecule has 1 N–H and O–H groups in total. The summed E-state index contributed by atoms with van der Waals surface area (Å²) in [6, 6.07) is 7.79. The first-order chi connectivity index (χ1) is 8.63. The number of thiophene rings is 1. The molecule has 0 spiro atoms. The predicted molar refractivity (Wildman–Crippen MR) is 79.1 cm³/mol. The van der Waals surface area contributed by atoms with Crippen LogP contribution < -0.4 is 4.74 Å². The zero-order chi connectivity index (χ0) is 12.7. The van der Waals surface area contributed by atoms with Gasteiger partial charge in [0.05, 0.1) is 9.89 Å². The lowest BCUT2D eigenvalue weighted by Gasteiger charge is -2.29. The Morgan fingerprint density at radius 2 is 2.11 bits per heavy atom. The molecule has 0 saturated heterocycles. The van der Waals surface area contributed by atoms with Gasteiger partial charge in [-0.05, 0) is 45.6 Å². The number of fused-ring (bicyclic) bond motifs is 1. The van der Waals surface area contributed by atoms with Crippen LogP contribution in [0.4, 0.5) is 0 Å². The highest BCUT2D eigenvalue weighted by atomic mass is 79.9. The van der Waals surface area contributed by atoms with Gasteiger partial charge in [-0.25, -0.2) is 0 Å². The lowest BCUT2D eigenvalue weighted by Crippen LogP contribution is -2.18. The Bertz CT molecular complexity index is 582. The van der Waals surface area contributed by atoms with Gasteiger partial charge in [0.1, 0.15) is 11.9 Å². The van der Waals surface area contributed by atoms with E-state index in [1.54, 1.807) is 11.3 Å². The van der Waals surface area contributed by atoms with Crippen molar-refractivity contribution >= 4 is 43.2 Å². The molecule has 2 nitrogen and oxygen atoms in total. The number of hydrogen-bond acceptors (Lipinski definition) is 3. The Kier molecular flexibility index (Phi) is 3.49. The molecule has 94 valence electrons. The van der Waals surface area contributed by atoms with E-state index >= 15 is 0 Å². The minimum absolute atomic E-state index is 0.0729. The van der Waals surface area contributed by atoms with Gasteiger partial charge in [-0.15, -0.1) is 11.3 Å². The van der Waals surface area contributed by atoms with Gasteiger partial charge in [0.15, 0.2) is 0 Å². The second kappa shape index (κ2) is 4.96. The van der Waals surface area contributed by atoms with Gasteiger partial charge in [-0.1, -0.05) is 15.9 Å². The fourth-order valence-electron chi connectivity index (χ4n) is 2.11. The molecule has 0 saturated carbocycles. The van der Waals surface area contributed by atoms with E-state index in [0.717, 1.165) is 25.1 Å². The van der Waals surface area contributed by atoms with Crippen LogP contribution in [0.25, 0.3) is 0 Å². The van der Waals surface area contributed by atoms with Gasteiger partial charge in [0.2, 0.25) is 0 Å². The Hall–Kier alpha value is -0.360. The van der Waals surface area contributed by atoms with E-state index in [-0.39, 0.29) is 6.10 Å². The monoisotopic (exact) mass is 388 g/mol. The van der Waals surface area contributed by atoms with Crippen molar-refractivity contribution in [3.63, 3.8) is 0 Å². The zero-order valence-corrected chi connectivity index (χ0v) is 13.3. The highest BCUT2D eigenvalue weighted by Crippen LogP contribution is 2.42. The summed E-state index contributed by atoms with van der Waals surface area (Å²) in [5.41, 5.74) is 1.97. The van der Waals surface area contributed by atoms with Gasteiger partial charge in [-0.2, -0.15) is 0 Å². The molecule has 0 aliphatic carbocycles. The van der Waals surface area contributed by atoms with Crippen molar-refractivity contribution in [2.45, 2.75) is 18.6 Å². The maximum atomic E-state index is 10.2. The van der Waals surface area contributed by atoms with E-state index in [2.05, 4.69) is 37.2 Å². The molecule has 18 heavy (non-hydrogen) atoms. The van der Waals surface area contributed by atoms with Crippen LogP contribution in [-0.2, 0) is 0 Å². The molecule has 1 aliphatic rings. The number of ether oxygens (including phenoxy) is 1. The molecule has 1 aromatic carbocycles. The summed E-state index contributed by atoms with van der Waals surface area (Å²) in [6.07, 6.45) is 0.0400. The first-order valence-corrected chi connectivity index (χ1v) is 7.98. The molecule has 1 unspecified atom stereocenters. The average Bonchev–Trinajstić information content (AvgIpc) is 2.77. The lowest BCUT2D eigenvalue weighted by atomic mass is 9.96. The van der Waals surface area contributed by atoms with E-state index in [0.29, 0.717) is 6.42 Å². The quantitative estimate of drug-likeness (QED) is 0.756. The van der Waals surface area contributed by atoms with Crippen molar-refractivity contribution in [1.82, 2.24) is 0 Å². The number of hydrogen-bond donors (Lipinski definition) is 1. The predicted octanol–water partition coefficient (Wildman–Crippen LogP) is 4.83. The topological polar surface area (TPSA) is 29.5 Å². The van der Waals surface area contributed by atoms with Crippen LogP contribution in [0.3, 0.4) is 0 Å². The second-order valence-electron chi connectivity index (χ2n) is 4.22. The Labute approximate surface area is 126 Å². The van der Waals surface area contributed by atoms with Crippen LogP contribution in [0, 0.1) is 0 Å². The van der Waals surface area contributed by atoms with Gasteiger partial charge in [-0.3, -0.25) is 0 Å². The van der Waals surface area contributed by atoms with Crippen LogP contribution >= 0.6 is 43.2 Å². The Morgan fingerprint density at radius 3 is 2.83 bits per heavy atom. The summed E-state index contributed by atoms with van der Waals surface area (Å²) in [6.45, 7) is 0. The SMILES string of the molecule is O[C@@H]1CC(c2csc(Br)c2)Oc2ccc(Br)cc21. The maximum absolute atomic E-state index is 10.2. The van der Waals surface area contributed by atoms with Crippen molar-refractivity contribution in [1.29, 1.82) is 0 Å². The van der Waals surface area contributed by atoms with E-state index < -0.39 is 6.10 Å². The van der Waals surface area contributed by atoms with Gasteiger partial charge in [0, 0.05) is 22.0 Å². The maximum Gasteiger partial charge on any atom is 0.127 e. The van der Waals surface area contributed by atoms with Crippen LogP contribution in [0.2, 0.25) is 0 Å². The van der Waals surface area contributed by atoms with Crippen LogP contribution in [0.15, 0.2) is 37.9 Å². The highest BCUT2D eigenvalue weighted by molar-refractivity contribution is 9.11. The zero-order valence-electron chi connectivity index (χ0n) is 9.27. The average molecular weight is 390 g/mol. The molecule has 1 aromatic heterocycles. The minimum Gasteiger partial charge on any atom is -0.485 e. The van der Waals surface area contributed by atoms with E-state index in [9.17, 15) is 5.11 Å². The van der Waals surface area contributed by atoms with Crippen LogP contribution in [0.5, 0.6) is 5.75 Å². The molecule has 0 bridgehead atoms. The molecular formula is C13H10Br2O2S. The van der Waals surface area contributed by atoms with E-state index in [1.807, 2.05) is 24.3 Å². The number of halogens is 2. The van der Waals surface area contributed by atoms with Crippen LogP contribution in [0.1, 0.15) is 29.8 Å². The fourth-order valence-corrected chi connectivity index (χ4v) is 3.71. The number of aliphatic hydroxyl groups is 1. The highest BCUT2D eigenvalue weighted by Gasteiger charge is 2.28. The number of benzene rings is 1. The molecule has 0 radical (unpaired) electrons. The molecule has 2 aromatic rings. The summed E-state index contributed by atoms with van der Waals surface area (Å²) in [4.78, 5) is 0. The summed E-state index contributed by atoms with van der Waals surface area (Å²) < 4.78 is 8.00. The van der Waals surface area contributed by atoms with Crippen molar-refractivity contribution in [3.05, 3.63) is 49.0 Å². The summed E-state index contributed by atoms with van der Waals surface area (Å²) >= 11 is 8.49. The fraction of sp³-hybridized carbons (Fsp3) is 0.231. The third kappa shape index (κ3) is 2.37. The van der Waals surface area contributed by atoms with Crippen molar-refractivity contribution < 1.29 is 9.84 Å². The number of rotatable bonds is 1. The second-order valence-corrected chi connectivity index (χ2v) is 7.43. The molecule has 2 heterocycles. The van der Waals surface area contributed by atoms with Gasteiger partial charge < -0.3 is 9.84 Å². The van der Waals surface area contributed by atoms with Gasteiger partial charge >= 0.3 is 0 Å². The van der Waals surface area contributed by atoms with Crippen molar-refractivity contribution in [2.24, 2.45) is 0 Å². The third-order valence-electron chi connectivity index (χ3n) is 3.00. The Morgan fingerprint density at radius 1 is 1.28 bits per heavy atom. The summed E-state index contributed by atoms with van der Waals surface area (Å²) in [5, 5.41) is 12.3. The molecular weight excluding hydrogens is 380 g/mol. The molecule has 1 aliphatic heterocycles. The third-order valence-corrected chi connectivity index (χ3v) is 5.01. The lowest BCUT2D eigenvalue weighted by molar-refractivity contribution is 0.0658. The molecule has 2 atom stereocenters. The molecule has 3 rings (SSSR count). The molecule has 5 heteroatoms. The number of aliphatic hydroxyl groups excluding tert-OH is 1. The Balaban J connectivity index is 1.94. The molecule has 0 fully saturated rings. The van der Waals surface area contributed by atoms with Crippen molar-refractivity contribution in [2.75, 3.05) is 0 Å². The molecule has 0 amide bonds. The van der Waals surface area contributed by atoms with E-state index in [1.165, 1.54) is 0 Å². The first-order valence-electron chi connectivity index (χ1n) is 5.51. The summed E-state index contributed by atoms with van der Waals surface area (Å²) in [7, 11) is 0. The van der Waals surface area contributed by atoms with Crippen LogP contribution in [-0.4, -0.2) is 5.11 Å². The smallest absolute Gasteiger partial charge is 0.127 e. The standard InChI is InChI=1S/C13H10Br2O2S/c14-8-1-2-11-9(4-8)10(16)5-12(17-11)7-3-13(15)18-6-7/h1-4,6,10,12,16H,5H2/t10-,12?/m1/s1.